The Hall–Kier alpha value is -2.22. The fraction of sp³-hybridized carbons (Fsp3) is 0.333. The molecule has 8 heteroatoms. The van der Waals surface area contributed by atoms with Crippen LogP contribution in [0.3, 0.4) is 0 Å². The fourth-order valence-corrected chi connectivity index (χ4v) is 1.22. The lowest BCUT2D eigenvalue weighted by Gasteiger charge is -2.13. The first-order valence-electron chi connectivity index (χ1n) is 5.05. The molecule has 0 radical (unpaired) electrons. The van der Waals surface area contributed by atoms with Crippen molar-refractivity contribution >= 4 is 11.9 Å². The average molecular weight is 234 g/mol. The third-order valence-corrected chi connectivity index (χ3v) is 1.91. The summed E-state index contributed by atoms with van der Waals surface area (Å²) in [7, 11) is 5.48. The van der Waals surface area contributed by atoms with Gasteiger partial charge in [-0.1, -0.05) is 0 Å². The van der Waals surface area contributed by atoms with Gasteiger partial charge in [0.2, 0.25) is 17.8 Å². The molecule has 0 aromatic carbocycles. The van der Waals surface area contributed by atoms with Crippen LogP contribution in [-0.2, 0) is 0 Å². The normalized spacial score (nSPS) is 10.6. The molecule has 90 valence electrons. The van der Waals surface area contributed by atoms with E-state index in [9.17, 15) is 0 Å². The van der Waals surface area contributed by atoms with Gasteiger partial charge in [-0.15, -0.1) is 0 Å². The Balaban J connectivity index is 2.38. The SMILES string of the molecule is CNc1nc(NN(C)C)nc(-n2ccnc2)n1. The minimum Gasteiger partial charge on any atom is -0.357 e. The smallest absolute Gasteiger partial charge is 0.244 e. The van der Waals surface area contributed by atoms with Gasteiger partial charge in [0.25, 0.3) is 0 Å². The van der Waals surface area contributed by atoms with Crippen molar-refractivity contribution in [2.75, 3.05) is 31.9 Å². The number of imidazole rings is 1. The van der Waals surface area contributed by atoms with Crippen LogP contribution in [0.5, 0.6) is 0 Å². The van der Waals surface area contributed by atoms with E-state index >= 15 is 0 Å². The van der Waals surface area contributed by atoms with Crippen molar-refractivity contribution < 1.29 is 0 Å². The highest BCUT2D eigenvalue weighted by Crippen LogP contribution is 2.08. The van der Waals surface area contributed by atoms with Gasteiger partial charge in [0.15, 0.2) is 0 Å². The quantitative estimate of drug-likeness (QED) is 0.719. The summed E-state index contributed by atoms with van der Waals surface area (Å²) in [5.41, 5.74) is 2.98. The zero-order chi connectivity index (χ0) is 12.3. The van der Waals surface area contributed by atoms with Crippen LogP contribution in [-0.4, -0.2) is 50.7 Å². The van der Waals surface area contributed by atoms with Crippen molar-refractivity contribution in [1.82, 2.24) is 29.5 Å². The molecule has 2 heterocycles. The maximum atomic E-state index is 4.27. The molecular formula is C9H14N8. The zero-order valence-electron chi connectivity index (χ0n) is 9.92. The van der Waals surface area contributed by atoms with Crippen LogP contribution in [0.4, 0.5) is 11.9 Å². The second kappa shape index (κ2) is 4.74. The standard InChI is InChI=1S/C9H14N8/c1-10-7-12-8(15-16(2)3)14-9(13-7)17-5-4-11-6-17/h4-6H,1-3H3,(H2,10,12,13,14,15). The Bertz CT molecular complexity index is 478. The van der Waals surface area contributed by atoms with E-state index in [2.05, 4.69) is 30.7 Å². The topological polar surface area (TPSA) is 83.8 Å². The van der Waals surface area contributed by atoms with E-state index < -0.39 is 0 Å². The van der Waals surface area contributed by atoms with Gasteiger partial charge >= 0.3 is 0 Å². The molecule has 0 bridgehead atoms. The van der Waals surface area contributed by atoms with E-state index in [-0.39, 0.29) is 0 Å². The fourth-order valence-electron chi connectivity index (χ4n) is 1.22. The monoisotopic (exact) mass is 234 g/mol. The number of hydrazine groups is 1. The van der Waals surface area contributed by atoms with E-state index in [1.165, 1.54) is 0 Å². The minimum absolute atomic E-state index is 0.470. The zero-order valence-corrected chi connectivity index (χ0v) is 9.92. The maximum absolute atomic E-state index is 4.27. The number of rotatable bonds is 4. The minimum atomic E-state index is 0.470. The first kappa shape index (κ1) is 11.3. The number of anilines is 2. The number of nitrogens with zero attached hydrogens (tertiary/aromatic N) is 6. The number of nitrogens with one attached hydrogen (secondary N) is 2. The summed E-state index contributed by atoms with van der Waals surface area (Å²) in [4.78, 5) is 16.6. The van der Waals surface area contributed by atoms with E-state index in [4.69, 9.17) is 0 Å². The summed E-state index contributed by atoms with van der Waals surface area (Å²) in [6.45, 7) is 0. The van der Waals surface area contributed by atoms with E-state index in [0.29, 0.717) is 17.8 Å². The molecule has 0 saturated carbocycles. The molecule has 2 rings (SSSR count). The largest absolute Gasteiger partial charge is 0.357 e. The van der Waals surface area contributed by atoms with Gasteiger partial charge in [0, 0.05) is 33.5 Å². The van der Waals surface area contributed by atoms with Crippen LogP contribution in [0.1, 0.15) is 0 Å². The van der Waals surface area contributed by atoms with Crippen molar-refractivity contribution in [1.29, 1.82) is 0 Å². The Morgan fingerprint density at radius 1 is 1.18 bits per heavy atom. The first-order chi connectivity index (χ1) is 8.19. The molecule has 0 unspecified atom stereocenters. The molecule has 0 aliphatic rings. The number of aromatic nitrogens is 5. The molecule has 0 atom stereocenters. The third-order valence-electron chi connectivity index (χ3n) is 1.91. The van der Waals surface area contributed by atoms with Gasteiger partial charge < -0.3 is 5.32 Å². The molecule has 8 nitrogen and oxygen atoms in total. The molecule has 17 heavy (non-hydrogen) atoms. The lowest BCUT2D eigenvalue weighted by molar-refractivity contribution is 0.488. The average Bonchev–Trinajstić information content (AvgIpc) is 2.81. The van der Waals surface area contributed by atoms with Crippen LogP contribution in [0.25, 0.3) is 5.95 Å². The summed E-state index contributed by atoms with van der Waals surface area (Å²) in [5.74, 6) is 1.47. The van der Waals surface area contributed by atoms with Gasteiger partial charge in [-0.3, -0.25) is 9.99 Å². The summed E-state index contributed by atoms with van der Waals surface area (Å²) in [5, 5.41) is 4.64. The maximum Gasteiger partial charge on any atom is 0.244 e. The summed E-state index contributed by atoms with van der Waals surface area (Å²) >= 11 is 0. The number of hydrogen-bond donors (Lipinski definition) is 2. The van der Waals surface area contributed by atoms with Crippen molar-refractivity contribution in [2.24, 2.45) is 0 Å². The molecule has 0 fully saturated rings. The Morgan fingerprint density at radius 3 is 2.53 bits per heavy atom. The predicted octanol–water partition coefficient (Wildman–Crippen LogP) is -0.0125. The summed E-state index contributed by atoms with van der Waals surface area (Å²) in [6.07, 6.45) is 5.07. The van der Waals surface area contributed by atoms with Gasteiger partial charge in [-0.2, -0.15) is 15.0 Å². The second-order valence-corrected chi connectivity index (χ2v) is 3.51. The Labute approximate surface area is 98.7 Å². The molecule has 0 saturated heterocycles. The Kier molecular flexibility index (Phi) is 3.15. The van der Waals surface area contributed by atoms with Gasteiger partial charge in [0.05, 0.1) is 0 Å². The molecular weight excluding hydrogens is 220 g/mol. The molecule has 0 spiro atoms. The highest BCUT2D eigenvalue weighted by molar-refractivity contribution is 5.36. The van der Waals surface area contributed by atoms with Gasteiger partial charge in [-0.25, -0.2) is 9.99 Å². The van der Waals surface area contributed by atoms with Crippen molar-refractivity contribution in [3.05, 3.63) is 18.7 Å². The van der Waals surface area contributed by atoms with E-state index in [0.717, 1.165) is 0 Å². The molecule has 0 aliphatic heterocycles. The summed E-state index contributed by atoms with van der Waals surface area (Å²) < 4.78 is 1.71. The van der Waals surface area contributed by atoms with Gasteiger partial charge in [0.1, 0.15) is 6.33 Å². The molecule has 0 aliphatic carbocycles. The lowest BCUT2D eigenvalue weighted by Crippen LogP contribution is -2.22. The van der Waals surface area contributed by atoms with Crippen LogP contribution in [0, 0.1) is 0 Å². The van der Waals surface area contributed by atoms with Crippen LogP contribution < -0.4 is 10.7 Å². The van der Waals surface area contributed by atoms with Crippen LogP contribution >= 0.6 is 0 Å². The van der Waals surface area contributed by atoms with E-state index in [1.807, 2.05) is 14.1 Å². The molecule has 2 N–H and O–H groups in total. The second-order valence-electron chi connectivity index (χ2n) is 3.51. The highest BCUT2D eigenvalue weighted by Gasteiger charge is 2.07. The van der Waals surface area contributed by atoms with Crippen molar-refractivity contribution in [3.63, 3.8) is 0 Å². The summed E-state index contributed by atoms with van der Waals surface area (Å²) in [6, 6.07) is 0. The molecule has 2 aromatic heterocycles. The van der Waals surface area contributed by atoms with Gasteiger partial charge in [-0.05, 0) is 0 Å². The van der Waals surface area contributed by atoms with Crippen LogP contribution in [0.2, 0.25) is 0 Å². The highest BCUT2D eigenvalue weighted by atomic mass is 15.5. The first-order valence-corrected chi connectivity index (χ1v) is 5.05. The number of hydrogen-bond acceptors (Lipinski definition) is 7. The third kappa shape index (κ3) is 2.67. The van der Waals surface area contributed by atoms with Crippen LogP contribution in [0.15, 0.2) is 18.7 Å². The van der Waals surface area contributed by atoms with Crippen molar-refractivity contribution in [2.45, 2.75) is 0 Å². The lowest BCUT2D eigenvalue weighted by atomic mass is 10.7. The predicted molar refractivity (Wildman–Crippen MR) is 63.8 cm³/mol. The Morgan fingerprint density at radius 2 is 1.94 bits per heavy atom. The van der Waals surface area contributed by atoms with E-state index in [1.54, 1.807) is 35.3 Å². The molecule has 0 amide bonds. The molecule has 2 aromatic rings. The van der Waals surface area contributed by atoms with Crippen molar-refractivity contribution in [3.8, 4) is 5.95 Å².